The van der Waals surface area contributed by atoms with Crippen LogP contribution >= 0.6 is 11.8 Å². The van der Waals surface area contributed by atoms with Gasteiger partial charge in [0.2, 0.25) is 0 Å². The number of benzene rings is 1. The van der Waals surface area contributed by atoms with Crippen LogP contribution in [0, 0.1) is 13.8 Å². The van der Waals surface area contributed by atoms with Crippen molar-refractivity contribution in [2.75, 3.05) is 5.75 Å². The Hall–Kier alpha value is -2.74. The highest BCUT2D eigenvalue weighted by Crippen LogP contribution is 2.49. The zero-order valence-electron chi connectivity index (χ0n) is 18.7. The Balaban J connectivity index is 1.63. The summed E-state index contributed by atoms with van der Waals surface area (Å²) < 4.78 is 42.0. The lowest BCUT2D eigenvalue weighted by molar-refractivity contribution is -0.137. The van der Waals surface area contributed by atoms with E-state index < -0.39 is 11.7 Å². The molecule has 0 amide bonds. The topological polar surface area (TPSA) is 33.4 Å². The number of aliphatic imine (C=N–C) groups is 1. The van der Waals surface area contributed by atoms with Gasteiger partial charge in [0.25, 0.3) is 0 Å². The molecule has 0 saturated carbocycles. The zero-order chi connectivity index (χ0) is 23.3. The van der Waals surface area contributed by atoms with Crippen LogP contribution < -0.4 is 0 Å². The standard InChI is InChI=1S/C25H25F3N4S/c1-4-18-14-33-24-30-22(21-10-5-6-11-29-21)23(32(18)24)20-12-15(2)31(16(20)3)19-9-7-8-17(13-19)25(26,27)28/h5-13,18,22-23H,4,14H2,1-3H3/t18-,22-,23+/m0/s1. The smallest absolute Gasteiger partial charge is 0.338 e. The molecule has 4 heterocycles. The number of hydrogen-bond acceptors (Lipinski definition) is 4. The number of amidine groups is 1. The van der Waals surface area contributed by atoms with E-state index in [1.165, 1.54) is 12.1 Å². The first-order valence-electron chi connectivity index (χ1n) is 11.1. The van der Waals surface area contributed by atoms with Gasteiger partial charge in [-0.05, 0) is 62.2 Å². The van der Waals surface area contributed by atoms with Gasteiger partial charge in [-0.15, -0.1) is 0 Å². The fraction of sp³-hybridized carbons (Fsp3) is 0.360. The summed E-state index contributed by atoms with van der Waals surface area (Å²) in [5.74, 6) is 0.993. The molecule has 0 unspecified atom stereocenters. The predicted octanol–water partition coefficient (Wildman–Crippen LogP) is 6.49. The maximum absolute atomic E-state index is 13.4. The second-order valence-electron chi connectivity index (χ2n) is 8.55. The van der Waals surface area contributed by atoms with Crippen molar-refractivity contribution in [3.63, 3.8) is 0 Å². The van der Waals surface area contributed by atoms with Crippen LogP contribution in [0.1, 0.15) is 53.6 Å². The van der Waals surface area contributed by atoms with Gasteiger partial charge in [0.1, 0.15) is 6.04 Å². The van der Waals surface area contributed by atoms with Crippen molar-refractivity contribution in [3.05, 3.63) is 82.9 Å². The molecule has 0 spiro atoms. The van der Waals surface area contributed by atoms with Crippen LogP contribution in [-0.2, 0) is 6.18 Å². The normalized spacial score (nSPS) is 22.5. The van der Waals surface area contributed by atoms with Gasteiger partial charge < -0.3 is 9.47 Å². The minimum Gasteiger partial charge on any atom is -0.338 e. The van der Waals surface area contributed by atoms with Crippen molar-refractivity contribution in [3.8, 4) is 5.69 Å². The molecule has 0 N–H and O–H groups in total. The van der Waals surface area contributed by atoms with Crippen LogP contribution in [-0.4, -0.2) is 31.4 Å². The number of thioether (sulfide) groups is 1. The molecule has 1 fully saturated rings. The lowest BCUT2D eigenvalue weighted by Crippen LogP contribution is -2.35. The van der Waals surface area contributed by atoms with Crippen LogP contribution in [0.2, 0.25) is 0 Å². The number of pyridine rings is 1. The van der Waals surface area contributed by atoms with Crippen LogP contribution in [0.3, 0.4) is 0 Å². The monoisotopic (exact) mass is 470 g/mol. The van der Waals surface area contributed by atoms with E-state index in [-0.39, 0.29) is 12.1 Å². The van der Waals surface area contributed by atoms with Crippen molar-refractivity contribution in [1.29, 1.82) is 0 Å². The van der Waals surface area contributed by atoms with Gasteiger partial charge in [-0.2, -0.15) is 13.2 Å². The van der Waals surface area contributed by atoms with Gasteiger partial charge in [0.15, 0.2) is 5.17 Å². The predicted molar refractivity (Wildman–Crippen MR) is 126 cm³/mol. The summed E-state index contributed by atoms with van der Waals surface area (Å²) >= 11 is 1.78. The molecule has 1 saturated heterocycles. The van der Waals surface area contributed by atoms with E-state index in [1.54, 1.807) is 24.0 Å². The van der Waals surface area contributed by atoms with E-state index in [1.807, 2.05) is 36.6 Å². The van der Waals surface area contributed by atoms with Gasteiger partial charge in [0, 0.05) is 35.1 Å². The van der Waals surface area contributed by atoms with Gasteiger partial charge in [-0.1, -0.05) is 30.8 Å². The van der Waals surface area contributed by atoms with Crippen molar-refractivity contribution >= 4 is 16.9 Å². The Kier molecular flexibility index (Phi) is 5.51. The van der Waals surface area contributed by atoms with Crippen LogP contribution in [0.4, 0.5) is 13.2 Å². The number of fused-ring (bicyclic) bond motifs is 1. The van der Waals surface area contributed by atoms with E-state index in [2.05, 4.69) is 22.9 Å². The Morgan fingerprint density at radius 3 is 2.61 bits per heavy atom. The largest absolute Gasteiger partial charge is 0.416 e. The molecule has 4 nitrogen and oxygen atoms in total. The van der Waals surface area contributed by atoms with Gasteiger partial charge in [-0.3, -0.25) is 9.98 Å². The molecule has 0 radical (unpaired) electrons. The molecule has 3 atom stereocenters. The number of rotatable bonds is 4. The lowest BCUT2D eigenvalue weighted by Gasteiger charge is -2.32. The molecule has 33 heavy (non-hydrogen) atoms. The van der Waals surface area contributed by atoms with Gasteiger partial charge in [0.05, 0.1) is 17.3 Å². The highest BCUT2D eigenvalue weighted by molar-refractivity contribution is 8.14. The highest BCUT2D eigenvalue weighted by Gasteiger charge is 2.46. The third-order valence-corrected chi connectivity index (χ3v) is 7.68. The van der Waals surface area contributed by atoms with Crippen molar-refractivity contribution in [1.82, 2.24) is 14.5 Å². The van der Waals surface area contributed by atoms with E-state index >= 15 is 0 Å². The quantitative estimate of drug-likeness (QED) is 0.437. The third kappa shape index (κ3) is 3.74. The second kappa shape index (κ2) is 8.24. The summed E-state index contributed by atoms with van der Waals surface area (Å²) in [6, 6.07) is 13.7. The molecule has 2 aromatic heterocycles. The number of alkyl halides is 3. The summed E-state index contributed by atoms with van der Waals surface area (Å²) in [6.45, 7) is 6.12. The van der Waals surface area contributed by atoms with E-state index in [4.69, 9.17) is 4.99 Å². The summed E-state index contributed by atoms with van der Waals surface area (Å²) in [5, 5.41) is 1.03. The molecular formula is C25H25F3N4S. The number of hydrogen-bond donors (Lipinski definition) is 0. The Labute approximate surface area is 195 Å². The van der Waals surface area contributed by atoms with Crippen LogP contribution in [0.5, 0.6) is 0 Å². The second-order valence-corrected chi connectivity index (χ2v) is 9.53. The molecule has 2 aliphatic heterocycles. The maximum Gasteiger partial charge on any atom is 0.416 e. The number of nitrogens with zero attached hydrogens (tertiary/aromatic N) is 4. The SMILES string of the molecule is CC[C@H]1CSC2=N[C@@H](c3ccccn3)[C@@H](c3cc(C)n(-c4cccc(C(F)(F)F)c4)c3C)N21. The highest BCUT2D eigenvalue weighted by atomic mass is 32.2. The molecular weight excluding hydrogens is 445 g/mol. The number of halogens is 3. The molecule has 5 rings (SSSR count). The number of aromatic nitrogens is 2. The Bertz CT molecular complexity index is 1200. The van der Waals surface area contributed by atoms with E-state index in [0.29, 0.717) is 11.7 Å². The fourth-order valence-electron chi connectivity index (χ4n) is 4.99. The minimum absolute atomic E-state index is 0.0411. The van der Waals surface area contributed by atoms with Gasteiger partial charge in [-0.25, -0.2) is 0 Å². The van der Waals surface area contributed by atoms with Crippen LogP contribution in [0.25, 0.3) is 5.69 Å². The maximum atomic E-state index is 13.4. The molecule has 3 aromatic rings. The molecule has 172 valence electrons. The van der Waals surface area contributed by atoms with E-state index in [9.17, 15) is 13.2 Å². The zero-order valence-corrected chi connectivity index (χ0v) is 19.5. The first-order chi connectivity index (χ1) is 15.8. The Morgan fingerprint density at radius 1 is 1.09 bits per heavy atom. The van der Waals surface area contributed by atoms with Crippen molar-refractivity contribution in [2.24, 2.45) is 4.99 Å². The average Bonchev–Trinajstić information content (AvgIpc) is 3.45. The first-order valence-corrected chi connectivity index (χ1v) is 12.0. The van der Waals surface area contributed by atoms with Crippen molar-refractivity contribution < 1.29 is 13.2 Å². The molecule has 0 aliphatic carbocycles. The van der Waals surface area contributed by atoms with Crippen molar-refractivity contribution in [2.45, 2.75) is 51.5 Å². The first kappa shape index (κ1) is 22.1. The molecule has 2 aliphatic rings. The summed E-state index contributed by atoms with van der Waals surface area (Å²) in [6.07, 6.45) is -1.59. The fourth-order valence-corrected chi connectivity index (χ4v) is 6.33. The lowest BCUT2D eigenvalue weighted by atomic mass is 9.95. The third-order valence-electron chi connectivity index (χ3n) is 6.55. The van der Waals surface area contributed by atoms with Gasteiger partial charge >= 0.3 is 6.18 Å². The van der Waals surface area contributed by atoms with E-state index in [0.717, 1.165) is 46.1 Å². The summed E-state index contributed by atoms with van der Waals surface area (Å²) in [5.41, 5.74) is 3.69. The minimum atomic E-state index is -4.38. The number of aryl methyl sites for hydroxylation is 1. The Morgan fingerprint density at radius 2 is 1.91 bits per heavy atom. The average molecular weight is 471 g/mol. The summed E-state index contributed by atoms with van der Waals surface area (Å²) in [7, 11) is 0. The van der Waals surface area contributed by atoms with Crippen LogP contribution in [0.15, 0.2) is 59.7 Å². The molecule has 1 aromatic carbocycles. The molecule has 8 heteroatoms. The molecule has 0 bridgehead atoms. The summed E-state index contributed by atoms with van der Waals surface area (Å²) in [4.78, 5) is 12.1.